The van der Waals surface area contributed by atoms with E-state index in [1.54, 1.807) is 48.7 Å². The largest absolute Gasteiger partial charge is 0.496 e. The molecule has 0 spiro atoms. The molecule has 4 rings (SSSR count). The van der Waals surface area contributed by atoms with E-state index >= 15 is 0 Å². The van der Waals surface area contributed by atoms with Gasteiger partial charge < -0.3 is 19.9 Å². The quantitative estimate of drug-likeness (QED) is 0.273. The molecule has 0 unspecified atom stereocenters. The Hall–Kier alpha value is -3.72. The van der Waals surface area contributed by atoms with Crippen LogP contribution in [0.5, 0.6) is 5.75 Å². The van der Waals surface area contributed by atoms with Crippen molar-refractivity contribution in [2.75, 3.05) is 7.11 Å². The first-order valence-corrected chi connectivity index (χ1v) is 11.0. The Kier molecular flexibility index (Phi) is 6.69. The van der Waals surface area contributed by atoms with Gasteiger partial charge in [-0.05, 0) is 52.9 Å². The molecule has 33 heavy (non-hydrogen) atoms. The maximum Gasteiger partial charge on any atom is 0.330 e. The second-order valence-electron chi connectivity index (χ2n) is 7.25. The van der Waals surface area contributed by atoms with Crippen molar-refractivity contribution in [1.82, 2.24) is 9.55 Å². The van der Waals surface area contributed by atoms with Crippen LogP contribution in [0.1, 0.15) is 27.0 Å². The summed E-state index contributed by atoms with van der Waals surface area (Å²) in [5.41, 5.74) is 3.12. The molecule has 0 saturated carbocycles. The molecule has 0 saturated heterocycles. The average Bonchev–Trinajstić information content (AvgIpc) is 3.51. The van der Waals surface area contributed by atoms with Crippen LogP contribution in [0.4, 0.5) is 0 Å². The summed E-state index contributed by atoms with van der Waals surface area (Å²) in [4.78, 5) is 29.1. The van der Waals surface area contributed by atoms with Gasteiger partial charge in [0.05, 0.1) is 36.6 Å². The Morgan fingerprint density at radius 1 is 1.15 bits per heavy atom. The molecule has 168 valence electrons. The zero-order chi connectivity index (χ0) is 23.4. The summed E-state index contributed by atoms with van der Waals surface area (Å²) in [7, 11) is 1.48. The molecule has 8 heteroatoms. The fraction of sp³-hybridized carbons (Fsp3) is 0.120. The molecule has 2 heterocycles. The Bertz CT molecular complexity index is 1340. The number of aromatic amines is 1. The standard InChI is InChI=1S/C25H22N2O5S/c1-32-23-11-16(10-18(14-28)20(23)15-29)7-8-22(30)17-4-2-5-19(12-17)27-13-21(26-25(27)31)24-6-3-9-33-24/h2-13,28-29H,14-15H2,1H3,(H,26,31). The van der Waals surface area contributed by atoms with E-state index in [-0.39, 0.29) is 24.7 Å². The van der Waals surface area contributed by atoms with Gasteiger partial charge in [0.25, 0.3) is 0 Å². The van der Waals surface area contributed by atoms with E-state index < -0.39 is 0 Å². The zero-order valence-corrected chi connectivity index (χ0v) is 18.6. The number of H-pyrrole nitrogens is 1. The second kappa shape index (κ2) is 9.83. The van der Waals surface area contributed by atoms with E-state index in [1.807, 2.05) is 17.5 Å². The molecule has 0 aliphatic rings. The van der Waals surface area contributed by atoms with Crippen LogP contribution in [0, 0.1) is 0 Å². The molecular weight excluding hydrogens is 440 g/mol. The fourth-order valence-corrected chi connectivity index (χ4v) is 4.24. The van der Waals surface area contributed by atoms with Gasteiger partial charge in [-0.15, -0.1) is 11.3 Å². The van der Waals surface area contributed by atoms with Crippen molar-refractivity contribution in [1.29, 1.82) is 0 Å². The normalized spacial score (nSPS) is 11.2. The molecule has 2 aromatic carbocycles. The molecule has 0 aliphatic carbocycles. The molecule has 0 amide bonds. The molecule has 0 radical (unpaired) electrons. The maximum atomic E-state index is 12.8. The highest BCUT2D eigenvalue weighted by Gasteiger charge is 2.12. The highest BCUT2D eigenvalue weighted by atomic mass is 32.1. The van der Waals surface area contributed by atoms with Gasteiger partial charge in [0.1, 0.15) is 5.75 Å². The van der Waals surface area contributed by atoms with Crippen molar-refractivity contribution in [3.8, 4) is 22.0 Å². The third-order valence-electron chi connectivity index (χ3n) is 5.21. The summed E-state index contributed by atoms with van der Waals surface area (Å²) in [6.07, 6.45) is 4.76. The number of carbonyl (C=O) groups is 1. The third-order valence-corrected chi connectivity index (χ3v) is 6.12. The van der Waals surface area contributed by atoms with Gasteiger partial charge in [-0.25, -0.2) is 4.79 Å². The lowest BCUT2D eigenvalue weighted by atomic mass is 10.0. The van der Waals surface area contributed by atoms with E-state index in [9.17, 15) is 19.8 Å². The Labute approximate surface area is 193 Å². The topological polar surface area (TPSA) is 105 Å². The number of hydrogen-bond acceptors (Lipinski definition) is 6. The van der Waals surface area contributed by atoms with Crippen LogP contribution in [0.3, 0.4) is 0 Å². The van der Waals surface area contributed by atoms with Crippen molar-refractivity contribution in [3.05, 3.63) is 98.9 Å². The first-order chi connectivity index (χ1) is 16.0. The molecule has 0 fully saturated rings. The fourth-order valence-electron chi connectivity index (χ4n) is 3.55. The molecule has 0 atom stereocenters. The summed E-state index contributed by atoms with van der Waals surface area (Å²) in [6, 6.07) is 14.1. The first-order valence-electron chi connectivity index (χ1n) is 10.1. The lowest BCUT2D eigenvalue weighted by molar-refractivity contribution is 0.104. The van der Waals surface area contributed by atoms with E-state index in [0.717, 1.165) is 4.88 Å². The predicted octanol–water partition coefficient (Wildman–Crippen LogP) is 3.78. The van der Waals surface area contributed by atoms with Crippen molar-refractivity contribution < 1.29 is 19.7 Å². The van der Waals surface area contributed by atoms with Gasteiger partial charge in [0, 0.05) is 17.3 Å². The minimum Gasteiger partial charge on any atom is -0.496 e. The maximum absolute atomic E-state index is 12.8. The van der Waals surface area contributed by atoms with Gasteiger partial charge in [0.2, 0.25) is 0 Å². The number of ether oxygens (including phenoxy) is 1. The van der Waals surface area contributed by atoms with E-state index in [0.29, 0.717) is 39.4 Å². The number of nitrogens with zero attached hydrogens (tertiary/aromatic N) is 1. The van der Waals surface area contributed by atoms with Crippen LogP contribution < -0.4 is 10.4 Å². The minimum atomic E-state index is -0.286. The number of hydrogen-bond donors (Lipinski definition) is 3. The van der Waals surface area contributed by atoms with E-state index in [4.69, 9.17) is 4.74 Å². The summed E-state index contributed by atoms with van der Waals surface area (Å²) in [6.45, 7) is -0.524. The van der Waals surface area contributed by atoms with Crippen molar-refractivity contribution in [2.45, 2.75) is 13.2 Å². The van der Waals surface area contributed by atoms with Gasteiger partial charge in [-0.2, -0.15) is 0 Å². The lowest BCUT2D eigenvalue weighted by Gasteiger charge is -2.12. The second-order valence-corrected chi connectivity index (χ2v) is 8.19. The predicted molar refractivity (Wildman–Crippen MR) is 128 cm³/mol. The van der Waals surface area contributed by atoms with Crippen LogP contribution in [-0.4, -0.2) is 32.7 Å². The minimum absolute atomic E-state index is 0.241. The number of aromatic nitrogens is 2. The monoisotopic (exact) mass is 462 g/mol. The number of benzene rings is 2. The van der Waals surface area contributed by atoms with Gasteiger partial charge in [0.15, 0.2) is 5.78 Å². The Morgan fingerprint density at radius 3 is 2.70 bits per heavy atom. The highest BCUT2D eigenvalue weighted by molar-refractivity contribution is 7.13. The molecule has 0 bridgehead atoms. The van der Waals surface area contributed by atoms with Gasteiger partial charge in [-0.1, -0.05) is 24.3 Å². The lowest BCUT2D eigenvalue weighted by Crippen LogP contribution is -2.14. The van der Waals surface area contributed by atoms with E-state index in [1.165, 1.54) is 29.1 Å². The van der Waals surface area contributed by atoms with Crippen LogP contribution in [0.25, 0.3) is 22.3 Å². The van der Waals surface area contributed by atoms with Crippen molar-refractivity contribution in [3.63, 3.8) is 0 Å². The summed E-state index contributed by atoms with van der Waals surface area (Å²) >= 11 is 1.53. The molecule has 0 aliphatic heterocycles. The number of methoxy groups -OCH3 is 1. The number of thiophene rings is 1. The van der Waals surface area contributed by atoms with Gasteiger partial charge >= 0.3 is 5.69 Å². The summed E-state index contributed by atoms with van der Waals surface area (Å²) in [5.74, 6) is 0.196. The number of carbonyl (C=O) groups excluding carboxylic acids is 1. The number of allylic oxidation sites excluding steroid dienone is 1. The van der Waals surface area contributed by atoms with Crippen LogP contribution in [-0.2, 0) is 13.2 Å². The number of imidazole rings is 1. The Morgan fingerprint density at radius 2 is 2.00 bits per heavy atom. The van der Waals surface area contributed by atoms with E-state index in [2.05, 4.69) is 4.98 Å². The van der Waals surface area contributed by atoms with Gasteiger partial charge in [-0.3, -0.25) is 9.36 Å². The SMILES string of the molecule is COc1cc(C=CC(=O)c2cccc(-n3cc(-c4cccs4)[nH]c3=O)c2)cc(CO)c1CO. The zero-order valence-electron chi connectivity index (χ0n) is 17.8. The molecule has 4 aromatic rings. The summed E-state index contributed by atoms with van der Waals surface area (Å²) in [5, 5.41) is 21.0. The molecule has 3 N–H and O–H groups in total. The third kappa shape index (κ3) is 4.73. The molecule has 2 aromatic heterocycles. The molecule has 7 nitrogen and oxygen atoms in total. The van der Waals surface area contributed by atoms with Crippen LogP contribution >= 0.6 is 11.3 Å². The molecular formula is C25H22N2O5S. The number of aliphatic hydroxyl groups is 2. The average molecular weight is 463 g/mol. The van der Waals surface area contributed by atoms with Crippen molar-refractivity contribution >= 4 is 23.2 Å². The number of ketones is 1. The Balaban J connectivity index is 1.60. The smallest absolute Gasteiger partial charge is 0.330 e. The van der Waals surface area contributed by atoms with Crippen LogP contribution in [0.15, 0.2) is 71.0 Å². The summed E-state index contributed by atoms with van der Waals surface area (Å²) < 4.78 is 6.76. The highest BCUT2D eigenvalue weighted by Crippen LogP contribution is 2.26. The first kappa shape index (κ1) is 22.5. The number of rotatable bonds is 8. The number of nitrogens with one attached hydrogen (secondary N) is 1. The van der Waals surface area contributed by atoms with Crippen LogP contribution in [0.2, 0.25) is 0 Å². The van der Waals surface area contributed by atoms with Crippen molar-refractivity contribution in [2.24, 2.45) is 0 Å². The number of aliphatic hydroxyl groups excluding tert-OH is 2.